The van der Waals surface area contributed by atoms with Crippen molar-refractivity contribution in [2.45, 2.75) is 20.3 Å². The Kier molecular flexibility index (Phi) is 4.26. The first-order valence-electron chi connectivity index (χ1n) is 9.76. The number of rotatable bonds is 3. The minimum atomic E-state index is 0.957. The lowest BCUT2D eigenvalue weighted by molar-refractivity contribution is 1.26. The highest BCUT2D eigenvalue weighted by Crippen LogP contribution is 2.40. The lowest BCUT2D eigenvalue weighted by atomic mass is 9.97. The first-order valence-corrected chi connectivity index (χ1v) is 10.6. The summed E-state index contributed by atoms with van der Waals surface area (Å²) in [7, 11) is 0. The van der Waals surface area contributed by atoms with Gasteiger partial charge in [0.25, 0.3) is 0 Å². The van der Waals surface area contributed by atoms with Crippen LogP contribution in [0.1, 0.15) is 22.3 Å². The van der Waals surface area contributed by atoms with Crippen LogP contribution in [0, 0.1) is 13.8 Å². The molecule has 0 saturated heterocycles. The van der Waals surface area contributed by atoms with Crippen LogP contribution in [0.5, 0.6) is 0 Å². The van der Waals surface area contributed by atoms with Gasteiger partial charge in [0.1, 0.15) is 0 Å². The molecule has 0 spiro atoms. The number of hydrogen-bond acceptors (Lipinski definition) is 1. The van der Waals surface area contributed by atoms with Gasteiger partial charge in [-0.15, -0.1) is 11.3 Å². The molecule has 136 valence electrons. The van der Waals surface area contributed by atoms with E-state index in [1.165, 1.54) is 53.2 Å². The van der Waals surface area contributed by atoms with Crippen LogP contribution in [-0.4, -0.2) is 0 Å². The van der Waals surface area contributed by atoms with Gasteiger partial charge in [-0.2, -0.15) is 0 Å². The fraction of sp³-hybridized carbons (Fsp3) is 0.111. The van der Waals surface area contributed by atoms with E-state index < -0.39 is 0 Å². The molecule has 0 aliphatic rings. The number of hydrogen-bond donors (Lipinski definition) is 0. The summed E-state index contributed by atoms with van der Waals surface area (Å²) < 4.78 is 2.76. The van der Waals surface area contributed by atoms with E-state index >= 15 is 0 Å². The van der Waals surface area contributed by atoms with Gasteiger partial charge >= 0.3 is 0 Å². The first kappa shape index (κ1) is 17.2. The van der Waals surface area contributed by atoms with Crippen molar-refractivity contribution in [3.05, 3.63) is 101 Å². The van der Waals surface area contributed by atoms with Gasteiger partial charge in [0, 0.05) is 25.6 Å². The normalized spacial score (nSPS) is 11.9. The van der Waals surface area contributed by atoms with Gasteiger partial charge in [-0.3, -0.25) is 0 Å². The van der Waals surface area contributed by atoms with Crippen molar-refractivity contribution in [3.8, 4) is 0 Å². The average molecular weight is 379 g/mol. The fourth-order valence-corrected chi connectivity index (χ4v) is 5.25. The SMILES string of the molecule is Cc1ccc(C/C=C\c2c(C)ccc3ccc4c5ccccc5sc4c23)cc1. The van der Waals surface area contributed by atoms with Crippen molar-refractivity contribution in [2.24, 2.45) is 0 Å². The molecule has 5 rings (SSSR count). The maximum Gasteiger partial charge on any atom is 0.0439 e. The summed E-state index contributed by atoms with van der Waals surface area (Å²) >= 11 is 1.91. The highest BCUT2D eigenvalue weighted by molar-refractivity contribution is 7.26. The van der Waals surface area contributed by atoms with Gasteiger partial charge in [-0.1, -0.05) is 84.4 Å². The molecule has 0 radical (unpaired) electrons. The molecular formula is C27H22S. The molecule has 0 bridgehead atoms. The minimum Gasteiger partial charge on any atom is -0.135 e. The van der Waals surface area contributed by atoms with Crippen LogP contribution in [0.25, 0.3) is 37.0 Å². The van der Waals surface area contributed by atoms with Gasteiger partial charge in [0.05, 0.1) is 0 Å². The van der Waals surface area contributed by atoms with Crippen LogP contribution in [0.2, 0.25) is 0 Å². The largest absolute Gasteiger partial charge is 0.135 e. The smallest absolute Gasteiger partial charge is 0.0439 e. The van der Waals surface area contributed by atoms with E-state index in [9.17, 15) is 0 Å². The molecule has 0 fully saturated rings. The van der Waals surface area contributed by atoms with Crippen LogP contribution in [-0.2, 0) is 6.42 Å². The summed E-state index contributed by atoms with van der Waals surface area (Å²) in [6, 6.07) is 26.6. The molecule has 5 aromatic rings. The molecule has 1 heteroatoms. The second-order valence-corrected chi connectivity index (χ2v) is 8.58. The standard InChI is InChI=1S/C27H22S/c1-18-10-13-20(14-11-18)6-5-8-22-19(2)12-15-21-16-17-24-23-7-3-4-9-25(23)28-27(24)26(21)22/h3-5,7-17H,6H2,1-2H3/b8-5-. The van der Waals surface area contributed by atoms with Crippen molar-refractivity contribution >= 4 is 48.4 Å². The van der Waals surface area contributed by atoms with E-state index in [1.54, 1.807) is 0 Å². The fourth-order valence-electron chi connectivity index (χ4n) is 3.97. The number of aryl methyl sites for hydroxylation is 2. The molecule has 0 aliphatic heterocycles. The Morgan fingerprint density at radius 1 is 0.786 bits per heavy atom. The maximum absolute atomic E-state index is 2.32. The summed E-state index contributed by atoms with van der Waals surface area (Å²) in [5, 5.41) is 5.44. The molecule has 1 aromatic heterocycles. The molecule has 1 heterocycles. The van der Waals surface area contributed by atoms with E-state index in [0.717, 1.165) is 6.42 Å². The number of allylic oxidation sites excluding steroid dienone is 1. The van der Waals surface area contributed by atoms with Crippen LogP contribution in [0.3, 0.4) is 0 Å². The minimum absolute atomic E-state index is 0.957. The molecule has 0 amide bonds. The highest BCUT2D eigenvalue weighted by atomic mass is 32.1. The average Bonchev–Trinajstić information content (AvgIpc) is 3.10. The molecule has 4 aromatic carbocycles. The zero-order chi connectivity index (χ0) is 19.1. The lowest BCUT2D eigenvalue weighted by Crippen LogP contribution is -1.86. The summed E-state index contributed by atoms with van der Waals surface area (Å²) in [4.78, 5) is 0. The lowest BCUT2D eigenvalue weighted by Gasteiger charge is -2.08. The second-order valence-electron chi connectivity index (χ2n) is 7.53. The predicted octanol–water partition coefficient (Wildman–Crippen LogP) is 8.08. The summed E-state index contributed by atoms with van der Waals surface area (Å²) in [6.45, 7) is 4.35. The Balaban J connectivity index is 1.67. The molecule has 0 aliphatic carbocycles. The van der Waals surface area contributed by atoms with Crippen LogP contribution < -0.4 is 0 Å². The van der Waals surface area contributed by atoms with Gasteiger partial charge in [0.2, 0.25) is 0 Å². The predicted molar refractivity (Wildman–Crippen MR) is 125 cm³/mol. The van der Waals surface area contributed by atoms with E-state index in [4.69, 9.17) is 0 Å². The third kappa shape index (κ3) is 2.93. The van der Waals surface area contributed by atoms with E-state index in [-0.39, 0.29) is 0 Å². The van der Waals surface area contributed by atoms with Gasteiger partial charge < -0.3 is 0 Å². The quantitative estimate of drug-likeness (QED) is 0.298. The van der Waals surface area contributed by atoms with E-state index in [1.807, 2.05) is 11.3 Å². The summed E-state index contributed by atoms with van der Waals surface area (Å²) in [5.74, 6) is 0. The second kappa shape index (κ2) is 6.92. The Labute approximate surface area is 169 Å². The Bertz CT molecular complexity index is 1330. The Morgan fingerprint density at radius 2 is 1.57 bits per heavy atom. The van der Waals surface area contributed by atoms with Crippen molar-refractivity contribution in [2.75, 3.05) is 0 Å². The monoisotopic (exact) mass is 378 g/mol. The first-order chi connectivity index (χ1) is 13.7. The van der Waals surface area contributed by atoms with Crippen LogP contribution in [0.4, 0.5) is 0 Å². The molecule has 28 heavy (non-hydrogen) atoms. The van der Waals surface area contributed by atoms with Crippen molar-refractivity contribution in [1.82, 2.24) is 0 Å². The molecular weight excluding hydrogens is 356 g/mol. The zero-order valence-corrected chi connectivity index (χ0v) is 17.0. The van der Waals surface area contributed by atoms with Gasteiger partial charge in [-0.25, -0.2) is 0 Å². The Morgan fingerprint density at radius 3 is 2.43 bits per heavy atom. The van der Waals surface area contributed by atoms with Gasteiger partial charge in [0.15, 0.2) is 0 Å². The van der Waals surface area contributed by atoms with Crippen molar-refractivity contribution < 1.29 is 0 Å². The third-order valence-electron chi connectivity index (χ3n) is 5.54. The highest BCUT2D eigenvalue weighted by Gasteiger charge is 2.11. The van der Waals surface area contributed by atoms with Crippen LogP contribution in [0.15, 0.2) is 78.9 Å². The number of benzene rings is 4. The topological polar surface area (TPSA) is 0 Å². The molecule has 0 N–H and O–H groups in total. The van der Waals surface area contributed by atoms with Crippen molar-refractivity contribution in [3.63, 3.8) is 0 Å². The van der Waals surface area contributed by atoms with Crippen LogP contribution >= 0.6 is 11.3 Å². The van der Waals surface area contributed by atoms with Gasteiger partial charge in [-0.05, 0) is 48.4 Å². The summed E-state index contributed by atoms with van der Waals surface area (Å²) in [5.41, 5.74) is 5.34. The number of fused-ring (bicyclic) bond motifs is 5. The third-order valence-corrected chi connectivity index (χ3v) is 6.75. The number of thiophene rings is 1. The molecule has 0 saturated carbocycles. The molecule has 0 unspecified atom stereocenters. The molecule has 0 nitrogen and oxygen atoms in total. The van der Waals surface area contributed by atoms with Crippen molar-refractivity contribution in [1.29, 1.82) is 0 Å². The zero-order valence-electron chi connectivity index (χ0n) is 16.2. The van der Waals surface area contributed by atoms with E-state index in [2.05, 4.69) is 98.8 Å². The maximum atomic E-state index is 2.32. The van der Waals surface area contributed by atoms with E-state index in [0.29, 0.717) is 0 Å². The Hall–Kier alpha value is -2.90. The molecule has 0 atom stereocenters. The summed E-state index contributed by atoms with van der Waals surface area (Å²) in [6.07, 6.45) is 5.58.